The van der Waals surface area contributed by atoms with Crippen LogP contribution in [0.3, 0.4) is 0 Å². The molecule has 0 saturated heterocycles. The summed E-state index contributed by atoms with van der Waals surface area (Å²) in [4.78, 5) is 24.5. The van der Waals surface area contributed by atoms with Gasteiger partial charge in [-0.1, -0.05) is 255 Å². The van der Waals surface area contributed by atoms with Crippen molar-refractivity contribution >= 4 is 11.9 Å². The van der Waals surface area contributed by atoms with Crippen LogP contribution in [0.25, 0.3) is 0 Å². The van der Waals surface area contributed by atoms with Crippen LogP contribution in [0.4, 0.5) is 0 Å². The predicted molar refractivity (Wildman–Crippen MR) is 261 cm³/mol. The van der Waals surface area contributed by atoms with Gasteiger partial charge in [0, 0.05) is 12.8 Å². The van der Waals surface area contributed by atoms with Crippen LogP contribution in [0.5, 0.6) is 0 Å². The van der Waals surface area contributed by atoms with Gasteiger partial charge in [-0.3, -0.25) is 9.59 Å². The summed E-state index contributed by atoms with van der Waals surface area (Å²) in [6.07, 6.45) is 66.4. The molecule has 1 unspecified atom stereocenters. The van der Waals surface area contributed by atoms with Crippen molar-refractivity contribution in [3.8, 4) is 0 Å². The van der Waals surface area contributed by atoms with Crippen molar-refractivity contribution in [1.82, 2.24) is 0 Å². The van der Waals surface area contributed by atoms with E-state index in [1.165, 1.54) is 173 Å². The Labute approximate surface area is 373 Å². The van der Waals surface area contributed by atoms with Crippen LogP contribution in [-0.2, 0) is 19.1 Å². The predicted octanol–water partition coefficient (Wildman–Crippen LogP) is 17.3. The monoisotopic (exact) mass is 841 g/mol. The maximum Gasteiger partial charge on any atom is 0.306 e. The van der Waals surface area contributed by atoms with Crippen LogP contribution in [0.1, 0.15) is 271 Å². The third kappa shape index (κ3) is 48.5. The molecule has 0 bridgehead atoms. The minimum Gasteiger partial charge on any atom is -0.462 e. The topological polar surface area (TPSA) is 72.8 Å². The van der Waals surface area contributed by atoms with E-state index in [2.05, 4.69) is 62.5 Å². The van der Waals surface area contributed by atoms with E-state index in [1.807, 2.05) is 0 Å². The number of rotatable bonds is 48. The highest BCUT2D eigenvalue weighted by atomic mass is 16.6. The molecule has 350 valence electrons. The zero-order valence-electron chi connectivity index (χ0n) is 40.0. The Bertz CT molecular complexity index is 997. The zero-order chi connectivity index (χ0) is 43.5. The summed E-state index contributed by atoms with van der Waals surface area (Å²) in [5.74, 6) is -0.588. The number of hydrogen-bond acceptors (Lipinski definition) is 5. The molecular formula is C55H100O5. The molecule has 0 aromatic rings. The number of ether oxygens (including phenoxy) is 2. The Balaban J connectivity index is 3.47. The molecule has 0 amide bonds. The van der Waals surface area contributed by atoms with Crippen molar-refractivity contribution in [2.75, 3.05) is 13.2 Å². The smallest absolute Gasteiger partial charge is 0.306 e. The largest absolute Gasteiger partial charge is 0.462 e. The van der Waals surface area contributed by atoms with E-state index < -0.39 is 6.10 Å². The summed E-state index contributed by atoms with van der Waals surface area (Å²) in [5, 5.41) is 9.63. The maximum atomic E-state index is 12.3. The van der Waals surface area contributed by atoms with E-state index in [-0.39, 0.29) is 25.2 Å². The molecule has 0 aromatic carbocycles. The highest BCUT2D eigenvalue weighted by Gasteiger charge is 2.16. The first-order valence-corrected chi connectivity index (χ1v) is 26.2. The second kappa shape index (κ2) is 51.2. The second-order valence-electron chi connectivity index (χ2n) is 17.6. The summed E-state index contributed by atoms with van der Waals surface area (Å²) >= 11 is 0. The first-order valence-electron chi connectivity index (χ1n) is 26.2. The van der Waals surface area contributed by atoms with Crippen LogP contribution < -0.4 is 0 Å². The van der Waals surface area contributed by atoms with Crippen LogP contribution >= 0.6 is 0 Å². The van der Waals surface area contributed by atoms with Crippen molar-refractivity contribution in [2.45, 2.75) is 277 Å². The van der Waals surface area contributed by atoms with E-state index in [0.29, 0.717) is 12.8 Å². The van der Waals surface area contributed by atoms with Crippen LogP contribution in [0.2, 0.25) is 0 Å². The Morgan fingerprint density at radius 2 is 0.717 bits per heavy atom. The van der Waals surface area contributed by atoms with Crippen molar-refractivity contribution < 1.29 is 24.2 Å². The lowest BCUT2D eigenvalue weighted by Crippen LogP contribution is -2.28. The normalized spacial score (nSPS) is 12.5. The standard InChI is InChI=1S/C55H100O5/c1-3-5-7-9-11-13-15-17-19-21-23-25-26-27-28-30-31-33-35-37-39-41-43-45-47-49-54(57)59-52-53(51-56)60-55(58)50-48-46-44-42-40-38-36-34-32-29-24-22-20-18-16-14-12-10-8-6-4-2/h6,8,12,14,18,20,24,29,53,56H,3-5,7,9-11,13,15-17,19,21-23,25-28,30-52H2,1-2H3/b8-6-,14-12-,20-18-,29-24-. The van der Waals surface area contributed by atoms with E-state index >= 15 is 0 Å². The average molecular weight is 841 g/mol. The molecule has 0 aromatic heterocycles. The molecule has 0 radical (unpaired) electrons. The van der Waals surface area contributed by atoms with Crippen LogP contribution in [0.15, 0.2) is 48.6 Å². The van der Waals surface area contributed by atoms with Gasteiger partial charge >= 0.3 is 11.9 Å². The quantitative estimate of drug-likeness (QED) is 0.0375. The molecule has 0 spiro atoms. The lowest BCUT2D eigenvalue weighted by atomic mass is 10.0. The van der Waals surface area contributed by atoms with E-state index in [9.17, 15) is 14.7 Å². The fraction of sp³-hybridized carbons (Fsp3) is 0.818. The van der Waals surface area contributed by atoms with Gasteiger partial charge in [0.2, 0.25) is 0 Å². The fourth-order valence-electron chi connectivity index (χ4n) is 7.73. The summed E-state index contributed by atoms with van der Waals surface area (Å²) in [7, 11) is 0. The third-order valence-electron chi connectivity index (χ3n) is 11.6. The van der Waals surface area contributed by atoms with Gasteiger partial charge in [0.1, 0.15) is 6.61 Å². The Morgan fingerprint density at radius 3 is 1.08 bits per heavy atom. The number of carbonyl (C=O) groups is 2. The molecule has 0 rings (SSSR count). The molecule has 1 atom stereocenters. The molecule has 5 heteroatoms. The molecule has 5 nitrogen and oxygen atoms in total. The Hall–Kier alpha value is -2.14. The molecule has 0 fully saturated rings. The summed E-state index contributed by atoms with van der Waals surface area (Å²) < 4.78 is 10.7. The van der Waals surface area contributed by atoms with Crippen molar-refractivity contribution in [2.24, 2.45) is 0 Å². The van der Waals surface area contributed by atoms with Crippen molar-refractivity contribution in [1.29, 1.82) is 0 Å². The molecule has 0 saturated carbocycles. The lowest BCUT2D eigenvalue weighted by Gasteiger charge is -2.15. The van der Waals surface area contributed by atoms with Gasteiger partial charge in [0.05, 0.1) is 6.61 Å². The number of carbonyl (C=O) groups excluding carboxylic acids is 2. The summed E-state index contributed by atoms with van der Waals surface area (Å²) in [5.41, 5.74) is 0. The van der Waals surface area contributed by atoms with Gasteiger partial charge in [-0.2, -0.15) is 0 Å². The summed E-state index contributed by atoms with van der Waals surface area (Å²) in [6.45, 7) is 4.06. The number of aliphatic hydroxyl groups is 1. The number of hydrogen-bond donors (Lipinski definition) is 1. The number of allylic oxidation sites excluding steroid dienone is 8. The molecule has 0 aliphatic carbocycles. The van der Waals surface area contributed by atoms with E-state index in [1.54, 1.807) is 0 Å². The second-order valence-corrected chi connectivity index (χ2v) is 17.6. The van der Waals surface area contributed by atoms with Gasteiger partial charge in [-0.25, -0.2) is 0 Å². The van der Waals surface area contributed by atoms with Crippen LogP contribution in [0, 0.1) is 0 Å². The zero-order valence-corrected chi connectivity index (χ0v) is 40.0. The molecule has 0 aliphatic heterocycles. The highest BCUT2D eigenvalue weighted by Crippen LogP contribution is 2.17. The number of aliphatic hydroxyl groups excluding tert-OH is 1. The molecule has 1 N–H and O–H groups in total. The Kier molecular flexibility index (Phi) is 49.4. The Morgan fingerprint density at radius 1 is 0.400 bits per heavy atom. The first-order chi connectivity index (χ1) is 29.6. The van der Waals surface area contributed by atoms with Gasteiger partial charge < -0.3 is 14.6 Å². The summed E-state index contributed by atoms with van der Waals surface area (Å²) in [6, 6.07) is 0. The van der Waals surface area contributed by atoms with Crippen molar-refractivity contribution in [3.63, 3.8) is 0 Å². The maximum absolute atomic E-state index is 12.3. The lowest BCUT2D eigenvalue weighted by molar-refractivity contribution is -0.161. The molecule has 0 aliphatic rings. The third-order valence-corrected chi connectivity index (χ3v) is 11.6. The molecule has 60 heavy (non-hydrogen) atoms. The van der Waals surface area contributed by atoms with Crippen LogP contribution in [-0.4, -0.2) is 36.4 Å². The van der Waals surface area contributed by atoms with Crippen molar-refractivity contribution in [3.05, 3.63) is 48.6 Å². The van der Waals surface area contributed by atoms with E-state index in [0.717, 1.165) is 70.6 Å². The number of esters is 2. The minimum absolute atomic E-state index is 0.0667. The van der Waals surface area contributed by atoms with Gasteiger partial charge in [0.25, 0.3) is 0 Å². The SMILES string of the molecule is CC/C=C\C/C=C\C/C=C\C/C=C\CCCCCCCCCCC(=O)OC(CO)COC(=O)CCCCCCCCCCCCCCCCCCCCCCCCCCC. The fourth-order valence-corrected chi connectivity index (χ4v) is 7.73. The van der Waals surface area contributed by atoms with Gasteiger partial charge in [0.15, 0.2) is 6.10 Å². The van der Waals surface area contributed by atoms with Gasteiger partial charge in [-0.15, -0.1) is 0 Å². The van der Waals surface area contributed by atoms with Gasteiger partial charge in [-0.05, 0) is 51.4 Å². The molecule has 0 heterocycles. The highest BCUT2D eigenvalue weighted by molar-refractivity contribution is 5.70. The molecular weight excluding hydrogens is 741 g/mol. The van der Waals surface area contributed by atoms with E-state index in [4.69, 9.17) is 9.47 Å². The number of unbranched alkanes of at least 4 members (excludes halogenated alkanes) is 32. The first kappa shape index (κ1) is 57.9. The minimum atomic E-state index is -0.776. The average Bonchev–Trinajstić information content (AvgIpc) is 3.25.